The highest BCUT2D eigenvalue weighted by Crippen LogP contribution is 2.25. The molecular weight excluding hydrogens is 295 g/mol. The summed E-state index contributed by atoms with van der Waals surface area (Å²) in [4.78, 5) is 12.1. The molecule has 0 aliphatic carbocycles. The van der Waals surface area contributed by atoms with Crippen LogP contribution in [-0.4, -0.2) is 6.61 Å². The third-order valence-electron chi connectivity index (χ3n) is 3.45. The zero-order chi connectivity index (χ0) is 16.7. The zero-order valence-electron chi connectivity index (χ0n) is 13.5. The van der Waals surface area contributed by atoms with E-state index in [4.69, 9.17) is 9.15 Å². The largest absolute Gasteiger partial charge is 0.490 e. The van der Waals surface area contributed by atoms with Crippen LogP contribution < -0.4 is 10.4 Å². The lowest BCUT2D eigenvalue weighted by Crippen LogP contribution is -2.06. The number of benzene rings is 1. The van der Waals surface area contributed by atoms with Gasteiger partial charge in [0.2, 0.25) is 0 Å². The summed E-state index contributed by atoms with van der Waals surface area (Å²) in [6.45, 7) is 4.21. The van der Waals surface area contributed by atoms with E-state index in [0.717, 1.165) is 6.42 Å². The van der Waals surface area contributed by atoms with Gasteiger partial charge in [0, 0.05) is 6.42 Å². The Labute approximate surface area is 135 Å². The molecule has 2 rings (SSSR count). The van der Waals surface area contributed by atoms with E-state index < -0.39 is 11.4 Å². The summed E-state index contributed by atoms with van der Waals surface area (Å²) >= 11 is 0. The fraction of sp³-hybridized carbons (Fsp3) is 0.316. The van der Waals surface area contributed by atoms with Gasteiger partial charge in [0.05, 0.1) is 6.61 Å². The monoisotopic (exact) mass is 316 g/mol. The molecule has 0 bridgehead atoms. The van der Waals surface area contributed by atoms with Crippen molar-refractivity contribution in [2.45, 2.75) is 33.1 Å². The molecule has 3 nitrogen and oxygen atoms in total. The van der Waals surface area contributed by atoms with Crippen LogP contribution in [0.3, 0.4) is 0 Å². The Bertz CT molecular complexity index is 772. The van der Waals surface area contributed by atoms with Gasteiger partial charge >= 0.3 is 5.63 Å². The molecule has 0 unspecified atom stereocenters. The van der Waals surface area contributed by atoms with E-state index in [1.165, 1.54) is 0 Å². The van der Waals surface area contributed by atoms with Crippen molar-refractivity contribution in [2.75, 3.05) is 6.61 Å². The smallest absolute Gasteiger partial charge is 0.346 e. The van der Waals surface area contributed by atoms with E-state index in [1.807, 2.05) is 38.2 Å². The molecule has 2 aromatic rings. The van der Waals surface area contributed by atoms with Crippen molar-refractivity contribution in [1.82, 2.24) is 0 Å². The second-order valence-electron chi connectivity index (χ2n) is 5.16. The van der Waals surface area contributed by atoms with Gasteiger partial charge in [-0.05, 0) is 44.2 Å². The molecule has 0 N–H and O–H groups in total. The van der Waals surface area contributed by atoms with Crippen molar-refractivity contribution in [3.8, 4) is 5.75 Å². The molecule has 23 heavy (non-hydrogen) atoms. The molecule has 1 aromatic heterocycles. The van der Waals surface area contributed by atoms with Gasteiger partial charge in [-0.15, -0.1) is 0 Å². The Morgan fingerprint density at radius 1 is 1.17 bits per heavy atom. The fourth-order valence-corrected chi connectivity index (χ4v) is 2.30. The highest BCUT2D eigenvalue weighted by molar-refractivity contribution is 5.83. The lowest BCUT2D eigenvalue weighted by Gasteiger charge is -2.08. The summed E-state index contributed by atoms with van der Waals surface area (Å²) in [6.07, 6.45) is 9.85. The molecule has 0 fully saturated rings. The number of ether oxygens (including phenoxy) is 1. The van der Waals surface area contributed by atoms with E-state index >= 15 is 0 Å². The second kappa shape index (κ2) is 8.32. The Balaban J connectivity index is 2.28. The summed E-state index contributed by atoms with van der Waals surface area (Å²) < 4.78 is 25.1. The molecule has 4 heteroatoms. The fourth-order valence-electron chi connectivity index (χ4n) is 2.30. The first-order chi connectivity index (χ1) is 11.2. The maximum Gasteiger partial charge on any atom is 0.346 e. The van der Waals surface area contributed by atoms with Gasteiger partial charge in [-0.25, -0.2) is 9.18 Å². The van der Waals surface area contributed by atoms with Gasteiger partial charge < -0.3 is 9.15 Å². The van der Waals surface area contributed by atoms with Crippen molar-refractivity contribution in [2.24, 2.45) is 0 Å². The molecule has 122 valence electrons. The third kappa shape index (κ3) is 4.31. The van der Waals surface area contributed by atoms with E-state index in [9.17, 15) is 9.18 Å². The minimum Gasteiger partial charge on any atom is -0.490 e. The topological polar surface area (TPSA) is 39.4 Å². The average Bonchev–Trinajstić information content (AvgIpc) is 2.53. The summed E-state index contributed by atoms with van der Waals surface area (Å²) in [6, 6.07) is 4.97. The van der Waals surface area contributed by atoms with Crippen LogP contribution >= 0.6 is 0 Å². The van der Waals surface area contributed by atoms with Crippen LogP contribution in [0.1, 0.15) is 32.4 Å². The number of hydrogen-bond acceptors (Lipinski definition) is 3. The molecule has 0 aliphatic heterocycles. The summed E-state index contributed by atoms with van der Waals surface area (Å²) in [5.74, 6) is -0.0190. The summed E-state index contributed by atoms with van der Waals surface area (Å²) in [5.41, 5.74) is -0.658. The van der Waals surface area contributed by atoms with Gasteiger partial charge in [0.15, 0.2) is 11.6 Å². The summed E-state index contributed by atoms with van der Waals surface area (Å²) in [5, 5.41) is 0.485. The van der Waals surface area contributed by atoms with Crippen LogP contribution in [0, 0.1) is 5.82 Å². The molecule has 0 spiro atoms. The first kappa shape index (κ1) is 17.0. The first-order valence-corrected chi connectivity index (χ1v) is 7.77. The summed E-state index contributed by atoms with van der Waals surface area (Å²) in [7, 11) is 0. The van der Waals surface area contributed by atoms with Crippen molar-refractivity contribution in [3.05, 3.63) is 64.5 Å². The number of hydrogen-bond donors (Lipinski definition) is 0. The molecule has 0 saturated carbocycles. The first-order valence-electron chi connectivity index (χ1n) is 7.77. The SMILES string of the molecule is C/C=C/CCOc1ccc2cc(CC/C=C/C)oc(=O)c2c1F. The van der Waals surface area contributed by atoms with Crippen LogP contribution in [0.4, 0.5) is 4.39 Å². The Morgan fingerprint density at radius 2 is 1.91 bits per heavy atom. The van der Waals surface area contributed by atoms with E-state index in [2.05, 4.69) is 0 Å². The quantitative estimate of drug-likeness (QED) is 0.545. The maximum atomic E-state index is 14.5. The van der Waals surface area contributed by atoms with Crippen LogP contribution in [0.25, 0.3) is 10.8 Å². The molecule has 0 radical (unpaired) electrons. The van der Waals surface area contributed by atoms with Crippen LogP contribution in [-0.2, 0) is 6.42 Å². The second-order valence-corrected chi connectivity index (χ2v) is 5.16. The Hall–Kier alpha value is -2.36. The lowest BCUT2D eigenvalue weighted by atomic mass is 10.1. The minimum absolute atomic E-state index is 0.0525. The highest BCUT2D eigenvalue weighted by atomic mass is 19.1. The number of aryl methyl sites for hydroxylation is 1. The average molecular weight is 316 g/mol. The molecular formula is C19H21FO3. The van der Waals surface area contributed by atoms with E-state index in [1.54, 1.807) is 18.2 Å². The van der Waals surface area contributed by atoms with Gasteiger partial charge in [-0.2, -0.15) is 0 Å². The van der Waals surface area contributed by atoms with Crippen molar-refractivity contribution in [3.63, 3.8) is 0 Å². The molecule has 0 saturated heterocycles. The highest BCUT2D eigenvalue weighted by Gasteiger charge is 2.14. The Kier molecular flexibility index (Phi) is 6.15. The molecule has 0 atom stereocenters. The lowest BCUT2D eigenvalue weighted by molar-refractivity contribution is 0.309. The van der Waals surface area contributed by atoms with Crippen molar-refractivity contribution in [1.29, 1.82) is 0 Å². The van der Waals surface area contributed by atoms with E-state index in [0.29, 0.717) is 30.6 Å². The number of allylic oxidation sites excluding steroid dienone is 3. The number of rotatable bonds is 7. The van der Waals surface area contributed by atoms with Crippen molar-refractivity contribution < 1.29 is 13.5 Å². The normalized spacial score (nSPS) is 11.8. The van der Waals surface area contributed by atoms with Crippen molar-refractivity contribution >= 4 is 10.8 Å². The predicted octanol–water partition coefficient (Wildman–Crippen LogP) is 4.79. The van der Waals surface area contributed by atoms with Crippen LogP contribution in [0.2, 0.25) is 0 Å². The van der Waals surface area contributed by atoms with Gasteiger partial charge in [0.1, 0.15) is 11.1 Å². The minimum atomic E-state index is -0.658. The van der Waals surface area contributed by atoms with Gasteiger partial charge in [-0.3, -0.25) is 0 Å². The zero-order valence-corrected chi connectivity index (χ0v) is 13.5. The number of halogens is 1. The molecule has 1 aromatic carbocycles. The maximum absolute atomic E-state index is 14.5. The third-order valence-corrected chi connectivity index (χ3v) is 3.45. The van der Waals surface area contributed by atoms with Crippen LogP contribution in [0.5, 0.6) is 5.75 Å². The van der Waals surface area contributed by atoms with Crippen LogP contribution in [0.15, 0.2) is 51.7 Å². The van der Waals surface area contributed by atoms with Gasteiger partial charge in [-0.1, -0.05) is 30.4 Å². The van der Waals surface area contributed by atoms with E-state index in [-0.39, 0.29) is 11.1 Å². The molecule has 1 heterocycles. The molecule has 0 amide bonds. The standard InChI is InChI=1S/C19H21FO3/c1-3-5-7-9-15-13-14-10-11-16(22-12-8-6-4-2)18(20)17(14)19(21)23-15/h3-6,10-11,13H,7-9,12H2,1-2H3/b5-3+,6-4+. The predicted molar refractivity (Wildman–Crippen MR) is 90.5 cm³/mol. The Morgan fingerprint density at radius 3 is 2.65 bits per heavy atom. The number of fused-ring (bicyclic) bond motifs is 1. The molecule has 0 aliphatic rings. The van der Waals surface area contributed by atoms with Gasteiger partial charge in [0.25, 0.3) is 0 Å².